The Morgan fingerprint density at radius 3 is 2.42 bits per heavy atom. The molecule has 7 nitrogen and oxygen atoms in total. The Kier molecular flexibility index (Phi) is 7.12. The van der Waals surface area contributed by atoms with E-state index in [4.69, 9.17) is 0 Å². The molecule has 31 heavy (non-hydrogen) atoms. The van der Waals surface area contributed by atoms with Gasteiger partial charge < -0.3 is 5.32 Å². The maximum Gasteiger partial charge on any atom is 0.264 e. The van der Waals surface area contributed by atoms with Crippen molar-refractivity contribution in [1.29, 1.82) is 0 Å². The van der Waals surface area contributed by atoms with E-state index in [0.717, 1.165) is 12.0 Å². The Labute approximate surface area is 183 Å². The summed E-state index contributed by atoms with van der Waals surface area (Å²) in [4.78, 5) is 12.8. The summed E-state index contributed by atoms with van der Waals surface area (Å²) in [7, 11) is -3.82. The molecule has 0 saturated heterocycles. The van der Waals surface area contributed by atoms with Crippen molar-refractivity contribution in [2.45, 2.75) is 44.6 Å². The van der Waals surface area contributed by atoms with E-state index in [2.05, 4.69) is 10.4 Å². The average molecular weight is 441 g/mol. The van der Waals surface area contributed by atoms with E-state index >= 15 is 0 Å². The third-order valence-corrected chi connectivity index (χ3v) is 6.98. The molecular formula is C23H28N4O3S. The van der Waals surface area contributed by atoms with Gasteiger partial charge in [0.1, 0.15) is 5.82 Å². The van der Waals surface area contributed by atoms with E-state index in [0.29, 0.717) is 11.5 Å². The van der Waals surface area contributed by atoms with Gasteiger partial charge in [0.2, 0.25) is 5.91 Å². The quantitative estimate of drug-likeness (QED) is 0.535. The molecule has 0 spiro atoms. The number of benzene rings is 2. The van der Waals surface area contributed by atoms with Crippen molar-refractivity contribution in [3.8, 4) is 0 Å². The van der Waals surface area contributed by atoms with Crippen LogP contribution in [0.25, 0.3) is 0 Å². The summed E-state index contributed by atoms with van der Waals surface area (Å²) >= 11 is 0. The normalized spacial score (nSPS) is 12.4. The van der Waals surface area contributed by atoms with Crippen LogP contribution in [0.1, 0.15) is 38.3 Å². The largest absolute Gasteiger partial charge is 0.311 e. The van der Waals surface area contributed by atoms with Gasteiger partial charge in [-0.2, -0.15) is 5.10 Å². The molecule has 1 amide bonds. The van der Waals surface area contributed by atoms with Crippen LogP contribution in [0.3, 0.4) is 0 Å². The third kappa shape index (κ3) is 5.32. The van der Waals surface area contributed by atoms with Crippen LogP contribution >= 0.6 is 0 Å². The number of carbonyl (C=O) groups is 1. The molecule has 0 saturated carbocycles. The standard InChI is InChI=1S/C23H28N4O3S/c1-4-19(3)27-22(14-16-24-27)25-23(28)15-17-26(20-8-6-5-7-9-20)31(29,30)21-12-10-18(2)11-13-21/h5-14,16,19H,4,15,17H2,1-3H3,(H,25,28). The highest BCUT2D eigenvalue weighted by Crippen LogP contribution is 2.24. The van der Waals surface area contributed by atoms with Crippen LogP contribution in [0.4, 0.5) is 11.5 Å². The Morgan fingerprint density at radius 1 is 1.10 bits per heavy atom. The molecule has 1 atom stereocenters. The Bertz CT molecular complexity index is 1110. The molecule has 164 valence electrons. The summed E-state index contributed by atoms with van der Waals surface area (Å²) in [5, 5.41) is 7.12. The van der Waals surface area contributed by atoms with E-state index in [1.54, 1.807) is 65.5 Å². The minimum Gasteiger partial charge on any atom is -0.311 e. The molecule has 3 rings (SSSR count). The van der Waals surface area contributed by atoms with Gasteiger partial charge in [0.05, 0.1) is 22.8 Å². The number of hydrogen-bond acceptors (Lipinski definition) is 4. The number of aryl methyl sites for hydroxylation is 1. The highest BCUT2D eigenvalue weighted by Gasteiger charge is 2.25. The number of amides is 1. The van der Waals surface area contributed by atoms with Gasteiger partial charge in [-0.15, -0.1) is 0 Å². The SMILES string of the molecule is CCC(C)n1nccc1NC(=O)CCN(c1ccccc1)S(=O)(=O)c1ccc(C)cc1. The van der Waals surface area contributed by atoms with Crippen LogP contribution in [-0.2, 0) is 14.8 Å². The number of carbonyl (C=O) groups excluding carboxylic acids is 1. The number of nitrogens with zero attached hydrogens (tertiary/aromatic N) is 3. The molecule has 1 heterocycles. The zero-order valence-electron chi connectivity index (χ0n) is 18.0. The first-order valence-corrected chi connectivity index (χ1v) is 11.7. The van der Waals surface area contributed by atoms with Crippen LogP contribution in [0.15, 0.2) is 71.8 Å². The van der Waals surface area contributed by atoms with Gasteiger partial charge in [-0.3, -0.25) is 9.10 Å². The summed E-state index contributed by atoms with van der Waals surface area (Å²) in [6.07, 6.45) is 2.52. The molecule has 8 heteroatoms. The lowest BCUT2D eigenvalue weighted by molar-refractivity contribution is -0.116. The Morgan fingerprint density at radius 2 is 1.77 bits per heavy atom. The maximum atomic E-state index is 13.3. The number of hydrogen-bond donors (Lipinski definition) is 1. The van der Waals surface area contributed by atoms with Crippen molar-refractivity contribution in [3.63, 3.8) is 0 Å². The molecule has 0 aliphatic rings. The second-order valence-corrected chi connectivity index (χ2v) is 9.30. The van der Waals surface area contributed by atoms with Gasteiger partial charge in [0.25, 0.3) is 10.0 Å². The number of para-hydroxylation sites is 1. The summed E-state index contributed by atoms with van der Waals surface area (Å²) in [5.41, 5.74) is 1.49. The van der Waals surface area contributed by atoms with E-state index in [-0.39, 0.29) is 29.8 Å². The van der Waals surface area contributed by atoms with E-state index in [9.17, 15) is 13.2 Å². The molecule has 1 unspecified atom stereocenters. The fraction of sp³-hybridized carbons (Fsp3) is 0.304. The third-order valence-electron chi connectivity index (χ3n) is 5.14. The molecule has 0 bridgehead atoms. The van der Waals surface area contributed by atoms with Gasteiger partial charge in [0, 0.05) is 19.0 Å². The molecule has 1 N–H and O–H groups in total. The van der Waals surface area contributed by atoms with Crippen molar-refractivity contribution in [3.05, 3.63) is 72.4 Å². The minimum atomic E-state index is -3.82. The molecule has 0 aliphatic carbocycles. The monoisotopic (exact) mass is 440 g/mol. The zero-order chi connectivity index (χ0) is 22.4. The van der Waals surface area contributed by atoms with E-state index < -0.39 is 10.0 Å². The number of nitrogens with one attached hydrogen (secondary N) is 1. The summed E-state index contributed by atoms with van der Waals surface area (Å²) in [6, 6.07) is 17.4. The molecule has 0 aliphatic heterocycles. The average Bonchev–Trinajstić information content (AvgIpc) is 3.22. The topological polar surface area (TPSA) is 84.3 Å². The second-order valence-electron chi connectivity index (χ2n) is 7.44. The molecule has 0 radical (unpaired) electrons. The number of anilines is 2. The zero-order valence-corrected chi connectivity index (χ0v) is 18.8. The lowest BCUT2D eigenvalue weighted by Crippen LogP contribution is -2.34. The summed E-state index contributed by atoms with van der Waals surface area (Å²) < 4.78 is 29.7. The lowest BCUT2D eigenvalue weighted by Gasteiger charge is -2.24. The smallest absolute Gasteiger partial charge is 0.264 e. The molecule has 3 aromatic rings. The van der Waals surface area contributed by atoms with Crippen LogP contribution in [0.2, 0.25) is 0 Å². The van der Waals surface area contributed by atoms with Gasteiger partial charge in [-0.05, 0) is 44.5 Å². The van der Waals surface area contributed by atoms with Crippen LogP contribution in [0.5, 0.6) is 0 Å². The van der Waals surface area contributed by atoms with Gasteiger partial charge >= 0.3 is 0 Å². The van der Waals surface area contributed by atoms with Crippen molar-refractivity contribution in [2.24, 2.45) is 0 Å². The van der Waals surface area contributed by atoms with Crippen molar-refractivity contribution in [2.75, 3.05) is 16.2 Å². The van der Waals surface area contributed by atoms with Crippen molar-refractivity contribution in [1.82, 2.24) is 9.78 Å². The highest BCUT2D eigenvalue weighted by atomic mass is 32.2. The summed E-state index contributed by atoms with van der Waals surface area (Å²) in [6.45, 7) is 5.99. The molecular weight excluding hydrogens is 412 g/mol. The van der Waals surface area contributed by atoms with E-state index in [1.807, 2.05) is 26.8 Å². The minimum absolute atomic E-state index is 0.00563. The van der Waals surface area contributed by atoms with Crippen LogP contribution in [0, 0.1) is 6.92 Å². The predicted octanol–water partition coefficient (Wildman–Crippen LogP) is 4.39. The molecule has 0 fully saturated rings. The first-order chi connectivity index (χ1) is 14.8. The molecule has 1 aromatic heterocycles. The van der Waals surface area contributed by atoms with Crippen LogP contribution < -0.4 is 9.62 Å². The highest BCUT2D eigenvalue weighted by molar-refractivity contribution is 7.92. The van der Waals surface area contributed by atoms with Crippen molar-refractivity contribution >= 4 is 27.4 Å². The fourth-order valence-corrected chi connectivity index (χ4v) is 4.63. The first-order valence-electron chi connectivity index (χ1n) is 10.3. The van der Waals surface area contributed by atoms with Gasteiger partial charge in [-0.1, -0.05) is 42.8 Å². The number of aromatic nitrogens is 2. The second kappa shape index (κ2) is 9.78. The summed E-state index contributed by atoms with van der Waals surface area (Å²) in [5.74, 6) is 0.331. The van der Waals surface area contributed by atoms with Crippen LogP contribution in [-0.4, -0.2) is 30.7 Å². The number of sulfonamides is 1. The lowest BCUT2D eigenvalue weighted by atomic mass is 10.2. The van der Waals surface area contributed by atoms with Gasteiger partial charge in [-0.25, -0.2) is 13.1 Å². The fourth-order valence-electron chi connectivity index (χ4n) is 3.17. The number of rotatable bonds is 9. The molecule has 2 aromatic carbocycles. The predicted molar refractivity (Wildman–Crippen MR) is 123 cm³/mol. The Balaban J connectivity index is 1.80. The van der Waals surface area contributed by atoms with E-state index in [1.165, 1.54) is 4.31 Å². The Hall–Kier alpha value is -3.13. The van der Waals surface area contributed by atoms with Gasteiger partial charge in [0.15, 0.2) is 0 Å². The first kappa shape index (κ1) is 22.6. The maximum absolute atomic E-state index is 13.3. The van der Waals surface area contributed by atoms with Crippen molar-refractivity contribution < 1.29 is 13.2 Å².